The normalized spacial score (nSPS) is 10.1. The maximum absolute atomic E-state index is 12.4. The number of rotatable bonds is 8. The van der Waals surface area contributed by atoms with Crippen LogP contribution in [0, 0.1) is 22.7 Å². The minimum absolute atomic E-state index is 0.0994. The lowest BCUT2D eigenvalue weighted by Gasteiger charge is -2.19. The van der Waals surface area contributed by atoms with E-state index >= 15 is 0 Å². The van der Waals surface area contributed by atoms with Crippen LogP contribution in [0.1, 0.15) is 12.8 Å². The molecule has 1 aromatic heterocycles. The van der Waals surface area contributed by atoms with Crippen LogP contribution in [-0.4, -0.2) is 44.5 Å². The topological polar surface area (TPSA) is 125 Å². The summed E-state index contributed by atoms with van der Waals surface area (Å²) in [4.78, 5) is 13.9. The fourth-order valence-corrected chi connectivity index (χ4v) is 3.37. The predicted octanol–water partition coefficient (Wildman–Crippen LogP) is 2.17. The number of nitrogens with two attached hydrogens (primary N) is 1. The van der Waals surface area contributed by atoms with Gasteiger partial charge in [-0.3, -0.25) is 4.79 Å². The van der Waals surface area contributed by atoms with Gasteiger partial charge >= 0.3 is 0 Å². The van der Waals surface area contributed by atoms with Gasteiger partial charge in [0.05, 0.1) is 30.7 Å². The molecule has 1 aromatic carbocycles. The summed E-state index contributed by atoms with van der Waals surface area (Å²) in [7, 11) is 0. The number of nitrogens with zero attached hydrogens (tertiary/aromatic N) is 6. The molecule has 0 spiro atoms. The van der Waals surface area contributed by atoms with Crippen molar-refractivity contribution in [2.75, 3.05) is 24.7 Å². The molecule has 10 heteroatoms. The van der Waals surface area contributed by atoms with Crippen LogP contribution in [0.4, 0.5) is 0 Å². The largest absolute Gasteiger partial charge is 0.340 e. The van der Waals surface area contributed by atoms with E-state index in [0.717, 1.165) is 21.8 Å². The Morgan fingerprint density at radius 1 is 1.23 bits per heavy atom. The van der Waals surface area contributed by atoms with E-state index in [1.807, 2.05) is 36.4 Å². The first-order chi connectivity index (χ1) is 12.6. The number of thioether (sulfide) groups is 1. The van der Waals surface area contributed by atoms with Crippen molar-refractivity contribution < 1.29 is 4.79 Å². The zero-order valence-corrected chi connectivity index (χ0v) is 16.2. The molecule has 0 aliphatic rings. The summed E-state index contributed by atoms with van der Waals surface area (Å²) in [5.41, 5.74) is 0.797. The highest BCUT2D eigenvalue weighted by atomic mass is 79.9. The number of hydrogen-bond donors (Lipinski definition) is 1. The molecule has 134 valence electrons. The minimum Gasteiger partial charge on any atom is -0.340 e. The lowest BCUT2D eigenvalue weighted by Crippen LogP contribution is -2.34. The minimum atomic E-state index is -0.175. The number of carbonyl (C=O) groups is 1. The average Bonchev–Trinajstić information content (AvgIpc) is 3.00. The Bertz CT molecular complexity index is 837. The third kappa shape index (κ3) is 4.97. The van der Waals surface area contributed by atoms with Gasteiger partial charge in [-0.25, -0.2) is 4.68 Å². The highest BCUT2D eigenvalue weighted by Crippen LogP contribution is 2.27. The van der Waals surface area contributed by atoms with Gasteiger partial charge in [0, 0.05) is 23.1 Å². The second-order valence-electron chi connectivity index (χ2n) is 5.14. The molecule has 1 heterocycles. The van der Waals surface area contributed by atoms with E-state index in [4.69, 9.17) is 16.4 Å². The van der Waals surface area contributed by atoms with E-state index in [9.17, 15) is 4.79 Å². The molecule has 0 bridgehead atoms. The molecule has 0 aliphatic carbocycles. The Labute approximate surface area is 163 Å². The van der Waals surface area contributed by atoms with Crippen molar-refractivity contribution in [3.8, 4) is 23.5 Å². The van der Waals surface area contributed by atoms with E-state index in [1.54, 1.807) is 0 Å². The van der Waals surface area contributed by atoms with Crippen LogP contribution < -0.4 is 5.84 Å². The first kappa shape index (κ1) is 19.8. The third-order valence-corrected chi connectivity index (χ3v) is 5.06. The quantitative estimate of drug-likeness (QED) is 0.499. The summed E-state index contributed by atoms with van der Waals surface area (Å²) in [5.74, 6) is 6.47. The van der Waals surface area contributed by atoms with Crippen LogP contribution >= 0.6 is 27.7 Å². The van der Waals surface area contributed by atoms with Gasteiger partial charge in [0.25, 0.3) is 0 Å². The fraction of sp³-hybridized carbons (Fsp3) is 0.312. The number of nitriles is 2. The van der Waals surface area contributed by atoms with E-state index in [2.05, 4.69) is 26.1 Å². The summed E-state index contributed by atoms with van der Waals surface area (Å²) < 4.78 is 2.18. The molecule has 0 saturated carbocycles. The van der Waals surface area contributed by atoms with Gasteiger partial charge in [-0.1, -0.05) is 39.8 Å². The molecule has 0 atom stereocenters. The summed E-state index contributed by atoms with van der Waals surface area (Å²) in [6.45, 7) is 0.601. The number of benzene rings is 1. The SMILES string of the molecule is N#CCCN(CCC#N)C(=O)CSc1nnc(-c2ccccc2Br)n1N. The van der Waals surface area contributed by atoms with Gasteiger partial charge in [0.15, 0.2) is 5.82 Å². The summed E-state index contributed by atoms with van der Waals surface area (Å²) >= 11 is 4.61. The number of aromatic nitrogens is 3. The van der Waals surface area contributed by atoms with E-state index in [1.165, 1.54) is 9.58 Å². The maximum atomic E-state index is 12.4. The van der Waals surface area contributed by atoms with Gasteiger partial charge in [-0.05, 0) is 12.1 Å². The van der Waals surface area contributed by atoms with Crippen LogP contribution in [-0.2, 0) is 4.79 Å². The van der Waals surface area contributed by atoms with Crippen LogP contribution in [0.2, 0.25) is 0 Å². The van der Waals surface area contributed by atoms with E-state index in [0.29, 0.717) is 24.1 Å². The Morgan fingerprint density at radius 2 is 1.88 bits per heavy atom. The van der Waals surface area contributed by atoms with Crippen LogP contribution in [0.5, 0.6) is 0 Å². The molecule has 2 rings (SSSR count). The van der Waals surface area contributed by atoms with Crippen molar-refractivity contribution in [1.82, 2.24) is 19.8 Å². The van der Waals surface area contributed by atoms with E-state index in [-0.39, 0.29) is 24.5 Å². The lowest BCUT2D eigenvalue weighted by atomic mass is 10.2. The zero-order valence-electron chi connectivity index (χ0n) is 13.8. The molecular weight excluding hydrogens is 418 g/mol. The van der Waals surface area contributed by atoms with Crippen molar-refractivity contribution in [1.29, 1.82) is 10.5 Å². The number of hydrogen-bond acceptors (Lipinski definition) is 7. The Balaban J connectivity index is 2.05. The molecule has 0 fully saturated rings. The zero-order chi connectivity index (χ0) is 18.9. The van der Waals surface area contributed by atoms with Crippen LogP contribution in [0.15, 0.2) is 33.9 Å². The standard InChI is InChI=1S/C16H16BrN7OS/c17-13-6-2-1-5-12(13)15-21-22-16(24(15)20)26-11-14(25)23(9-3-7-18)10-4-8-19/h1-2,5-6H,3-4,9-11,20H2. The van der Waals surface area contributed by atoms with Gasteiger partial charge in [0.2, 0.25) is 11.1 Å². The maximum Gasteiger partial charge on any atom is 0.233 e. The highest BCUT2D eigenvalue weighted by molar-refractivity contribution is 9.10. The molecule has 0 radical (unpaired) electrons. The predicted molar refractivity (Wildman–Crippen MR) is 101 cm³/mol. The fourth-order valence-electron chi connectivity index (χ4n) is 2.15. The Morgan fingerprint density at radius 3 is 2.50 bits per heavy atom. The van der Waals surface area contributed by atoms with Crippen molar-refractivity contribution in [2.45, 2.75) is 18.0 Å². The number of carbonyl (C=O) groups excluding carboxylic acids is 1. The van der Waals surface area contributed by atoms with Crippen molar-refractivity contribution in [2.24, 2.45) is 0 Å². The number of amides is 1. The summed E-state index contributed by atoms with van der Waals surface area (Å²) in [6, 6.07) is 11.5. The molecule has 0 unspecified atom stereocenters. The molecule has 2 aromatic rings. The second kappa shape index (κ2) is 9.80. The average molecular weight is 434 g/mol. The molecule has 8 nitrogen and oxygen atoms in total. The molecule has 0 aliphatic heterocycles. The third-order valence-electron chi connectivity index (χ3n) is 3.44. The Hall–Kier alpha value is -2.56. The number of nitrogen functional groups attached to an aromatic ring is 1. The van der Waals surface area contributed by atoms with Crippen molar-refractivity contribution >= 4 is 33.6 Å². The molecule has 1 amide bonds. The molecule has 26 heavy (non-hydrogen) atoms. The molecule has 2 N–H and O–H groups in total. The van der Waals surface area contributed by atoms with Crippen molar-refractivity contribution in [3.05, 3.63) is 28.7 Å². The van der Waals surface area contributed by atoms with Gasteiger partial charge in [-0.2, -0.15) is 10.5 Å². The van der Waals surface area contributed by atoms with Crippen molar-refractivity contribution in [3.63, 3.8) is 0 Å². The first-order valence-corrected chi connectivity index (χ1v) is 9.46. The van der Waals surface area contributed by atoms with Gasteiger partial charge < -0.3 is 10.7 Å². The Kier molecular flexibility index (Phi) is 7.45. The summed E-state index contributed by atoms with van der Waals surface area (Å²) in [6.07, 6.45) is 0.447. The first-order valence-electron chi connectivity index (χ1n) is 7.68. The molecule has 0 saturated heterocycles. The lowest BCUT2D eigenvalue weighted by molar-refractivity contribution is -0.128. The van der Waals surface area contributed by atoms with E-state index < -0.39 is 0 Å². The molecular formula is C16H16BrN7OS. The van der Waals surface area contributed by atoms with Gasteiger partial charge in [-0.15, -0.1) is 10.2 Å². The van der Waals surface area contributed by atoms with Crippen LogP contribution in [0.25, 0.3) is 11.4 Å². The van der Waals surface area contributed by atoms with Crippen LogP contribution in [0.3, 0.4) is 0 Å². The smallest absolute Gasteiger partial charge is 0.233 e. The highest BCUT2D eigenvalue weighted by Gasteiger charge is 2.18. The van der Waals surface area contributed by atoms with Gasteiger partial charge in [0.1, 0.15) is 0 Å². The summed E-state index contributed by atoms with van der Waals surface area (Å²) in [5, 5.41) is 25.9. The number of halogens is 1. The second-order valence-corrected chi connectivity index (χ2v) is 6.94. The monoisotopic (exact) mass is 433 g/mol.